The van der Waals surface area contributed by atoms with Crippen LogP contribution in [0.15, 0.2) is 33.2 Å². The maximum atomic E-state index is 6.09. The number of hydrogen-bond donors (Lipinski definition) is 1. The summed E-state index contributed by atoms with van der Waals surface area (Å²) in [5, 5.41) is 3.53. The van der Waals surface area contributed by atoms with E-state index in [1.807, 2.05) is 0 Å². The monoisotopic (exact) mass is 349 g/mol. The zero-order valence-corrected chi connectivity index (χ0v) is 14.9. The fraction of sp³-hybridized carbons (Fsp3) is 0.444. The molecule has 0 amide bonds. The van der Waals surface area contributed by atoms with Gasteiger partial charge in [0.25, 0.3) is 0 Å². The third-order valence-electron chi connectivity index (χ3n) is 3.74. The molecule has 0 spiro atoms. The van der Waals surface area contributed by atoms with Crippen LogP contribution in [0.25, 0.3) is 11.3 Å². The first-order valence-corrected chi connectivity index (χ1v) is 8.46. The second kappa shape index (κ2) is 7.28. The molecule has 1 unspecified atom stereocenters. The highest BCUT2D eigenvalue weighted by Crippen LogP contribution is 2.31. The van der Waals surface area contributed by atoms with Gasteiger partial charge in [-0.15, -0.1) is 0 Å². The van der Waals surface area contributed by atoms with Gasteiger partial charge in [0.2, 0.25) is 0 Å². The van der Waals surface area contributed by atoms with Crippen molar-refractivity contribution in [1.82, 2.24) is 5.32 Å². The van der Waals surface area contributed by atoms with Gasteiger partial charge in [-0.25, -0.2) is 0 Å². The summed E-state index contributed by atoms with van der Waals surface area (Å²) in [6.07, 6.45) is 2.17. The van der Waals surface area contributed by atoms with Gasteiger partial charge in [0.1, 0.15) is 11.5 Å². The quantitative estimate of drug-likeness (QED) is 0.715. The molecule has 0 saturated heterocycles. The smallest absolute Gasteiger partial charge is 0.134 e. The molecular formula is C18H24BrNO. The molecule has 0 saturated carbocycles. The fourth-order valence-electron chi connectivity index (χ4n) is 2.55. The highest BCUT2D eigenvalue weighted by atomic mass is 79.9. The van der Waals surface area contributed by atoms with Crippen molar-refractivity contribution < 1.29 is 4.42 Å². The van der Waals surface area contributed by atoms with Gasteiger partial charge in [-0.1, -0.05) is 29.8 Å². The first-order chi connectivity index (χ1) is 10.1. The number of halogens is 1. The summed E-state index contributed by atoms with van der Waals surface area (Å²) >= 11 is 3.61. The number of hydrogen-bond acceptors (Lipinski definition) is 2. The van der Waals surface area contributed by atoms with Crippen LogP contribution in [0.1, 0.15) is 49.6 Å². The van der Waals surface area contributed by atoms with Gasteiger partial charge in [0.05, 0.1) is 6.04 Å². The third-order valence-corrected chi connectivity index (χ3v) is 4.99. The second-order valence-electron chi connectivity index (χ2n) is 5.54. The van der Waals surface area contributed by atoms with E-state index in [2.05, 4.69) is 73.2 Å². The van der Waals surface area contributed by atoms with Gasteiger partial charge in [-0.3, -0.25) is 0 Å². The van der Waals surface area contributed by atoms with Crippen molar-refractivity contribution >= 4 is 15.9 Å². The van der Waals surface area contributed by atoms with Crippen molar-refractivity contribution in [3.05, 3.63) is 45.6 Å². The summed E-state index contributed by atoms with van der Waals surface area (Å²) < 4.78 is 7.27. The largest absolute Gasteiger partial charge is 0.459 e. The topological polar surface area (TPSA) is 25.2 Å². The van der Waals surface area contributed by atoms with Gasteiger partial charge in [0, 0.05) is 10.0 Å². The summed E-state index contributed by atoms with van der Waals surface area (Å²) in [4.78, 5) is 0. The van der Waals surface area contributed by atoms with Crippen LogP contribution in [0.3, 0.4) is 0 Å². The van der Waals surface area contributed by atoms with E-state index >= 15 is 0 Å². The lowest BCUT2D eigenvalue weighted by molar-refractivity contribution is 0.411. The summed E-state index contributed by atoms with van der Waals surface area (Å²) in [6, 6.07) is 8.81. The highest BCUT2D eigenvalue weighted by molar-refractivity contribution is 9.10. The Kier molecular flexibility index (Phi) is 5.65. The van der Waals surface area contributed by atoms with E-state index in [1.165, 1.54) is 15.6 Å². The van der Waals surface area contributed by atoms with Crippen LogP contribution in [-0.4, -0.2) is 6.54 Å². The van der Waals surface area contributed by atoms with E-state index in [0.717, 1.165) is 36.5 Å². The van der Waals surface area contributed by atoms with Crippen molar-refractivity contribution in [2.45, 2.75) is 46.6 Å². The van der Waals surface area contributed by atoms with Gasteiger partial charge < -0.3 is 9.73 Å². The Morgan fingerprint density at radius 3 is 2.38 bits per heavy atom. The van der Waals surface area contributed by atoms with E-state index in [4.69, 9.17) is 4.42 Å². The Morgan fingerprint density at radius 2 is 1.81 bits per heavy atom. The summed E-state index contributed by atoms with van der Waals surface area (Å²) in [7, 11) is 0. The molecule has 0 aliphatic heterocycles. The predicted octanol–water partition coefficient (Wildman–Crippen LogP) is 5.78. The van der Waals surface area contributed by atoms with Gasteiger partial charge in [0.15, 0.2) is 0 Å². The standard InChI is InChI=1S/C18H24BrNO/c1-5-9-20-15(6-2)17-8-7-16(21-17)14-10-12(3)18(19)13(4)11-14/h7-8,10-11,15,20H,5-6,9H2,1-4H3. The van der Waals surface area contributed by atoms with Gasteiger partial charge in [-0.05, 0) is 68.6 Å². The lowest BCUT2D eigenvalue weighted by atomic mass is 10.1. The molecule has 2 aromatic rings. The molecule has 1 N–H and O–H groups in total. The summed E-state index contributed by atoms with van der Waals surface area (Å²) in [6.45, 7) is 9.61. The average molecular weight is 350 g/mol. The Hall–Kier alpha value is -1.06. The lowest BCUT2D eigenvalue weighted by Crippen LogP contribution is -2.20. The van der Waals surface area contributed by atoms with E-state index in [1.54, 1.807) is 0 Å². The molecule has 0 aliphatic carbocycles. The number of aryl methyl sites for hydroxylation is 2. The minimum atomic E-state index is 0.302. The molecule has 0 bridgehead atoms. The molecule has 2 nitrogen and oxygen atoms in total. The highest BCUT2D eigenvalue weighted by Gasteiger charge is 2.14. The van der Waals surface area contributed by atoms with Crippen LogP contribution < -0.4 is 5.32 Å². The van der Waals surface area contributed by atoms with Crippen molar-refractivity contribution in [2.75, 3.05) is 6.54 Å². The second-order valence-corrected chi connectivity index (χ2v) is 6.33. The Labute approximate surface area is 136 Å². The van der Waals surface area contributed by atoms with Crippen LogP contribution in [0, 0.1) is 13.8 Å². The molecule has 3 heteroatoms. The van der Waals surface area contributed by atoms with Gasteiger partial charge >= 0.3 is 0 Å². The van der Waals surface area contributed by atoms with Crippen LogP contribution in [-0.2, 0) is 0 Å². The van der Waals surface area contributed by atoms with Gasteiger partial charge in [-0.2, -0.15) is 0 Å². The maximum absolute atomic E-state index is 6.09. The zero-order chi connectivity index (χ0) is 15.4. The molecule has 1 atom stereocenters. The predicted molar refractivity (Wildman–Crippen MR) is 92.6 cm³/mol. The molecule has 1 aromatic carbocycles. The van der Waals surface area contributed by atoms with E-state index in [0.29, 0.717) is 6.04 Å². The molecule has 1 heterocycles. The molecule has 0 fully saturated rings. The molecule has 0 radical (unpaired) electrons. The first-order valence-electron chi connectivity index (χ1n) is 7.67. The first kappa shape index (κ1) is 16.3. The Bertz CT molecular complexity index is 580. The molecule has 21 heavy (non-hydrogen) atoms. The van der Waals surface area contributed by atoms with Crippen molar-refractivity contribution in [1.29, 1.82) is 0 Å². The van der Waals surface area contributed by atoms with Crippen LogP contribution in [0.4, 0.5) is 0 Å². The number of furan rings is 1. The van der Waals surface area contributed by atoms with Crippen molar-refractivity contribution in [3.63, 3.8) is 0 Å². The van der Waals surface area contributed by atoms with E-state index in [-0.39, 0.29) is 0 Å². The zero-order valence-electron chi connectivity index (χ0n) is 13.3. The minimum Gasteiger partial charge on any atom is -0.459 e. The summed E-state index contributed by atoms with van der Waals surface area (Å²) in [5.41, 5.74) is 3.61. The summed E-state index contributed by atoms with van der Waals surface area (Å²) in [5.74, 6) is 1.97. The normalized spacial score (nSPS) is 12.6. The molecule has 114 valence electrons. The number of rotatable bonds is 6. The maximum Gasteiger partial charge on any atom is 0.134 e. The molecule has 0 aliphatic rings. The Balaban J connectivity index is 2.27. The number of nitrogens with one attached hydrogen (secondary N) is 1. The van der Waals surface area contributed by atoms with Crippen LogP contribution in [0.5, 0.6) is 0 Å². The third kappa shape index (κ3) is 3.78. The van der Waals surface area contributed by atoms with Crippen molar-refractivity contribution in [3.8, 4) is 11.3 Å². The average Bonchev–Trinajstić information content (AvgIpc) is 2.95. The lowest BCUT2D eigenvalue weighted by Gasteiger charge is -2.13. The van der Waals surface area contributed by atoms with Crippen LogP contribution >= 0.6 is 15.9 Å². The minimum absolute atomic E-state index is 0.302. The Morgan fingerprint density at radius 1 is 1.14 bits per heavy atom. The van der Waals surface area contributed by atoms with Crippen LogP contribution in [0.2, 0.25) is 0 Å². The van der Waals surface area contributed by atoms with E-state index < -0.39 is 0 Å². The molecular weight excluding hydrogens is 326 g/mol. The fourth-order valence-corrected chi connectivity index (χ4v) is 2.78. The number of benzene rings is 1. The van der Waals surface area contributed by atoms with E-state index in [9.17, 15) is 0 Å². The molecule has 2 rings (SSSR count). The molecule has 1 aromatic heterocycles. The van der Waals surface area contributed by atoms with Crippen molar-refractivity contribution in [2.24, 2.45) is 0 Å². The SMILES string of the molecule is CCCNC(CC)c1ccc(-c2cc(C)c(Br)c(C)c2)o1.